The number of amides is 2. The third kappa shape index (κ3) is 7.47. The van der Waals surface area contributed by atoms with E-state index in [2.05, 4.69) is 21.2 Å². The molecule has 1 unspecified atom stereocenters. The van der Waals surface area contributed by atoms with Crippen molar-refractivity contribution in [3.63, 3.8) is 0 Å². The van der Waals surface area contributed by atoms with Gasteiger partial charge in [-0.2, -0.15) is 13.2 Å². The van der Waals surface area contributed by atoms with Gasteiger partial charge in [0.25, 0.3) is 5.91 Å². The Labute approximate surface area is 259 Å². The molecule has 0 aromatic heterocycles. The number of halogens is 7. The van der Waals surface area contributed by atoms with Crippen LogP contribution in [0.1, 0.15) is 52.7 Å². The number of alkyl halides is 3. The van der Waals surface area contributed by atoms with Crippen molar-refractivity contribution in [3.05, 3.63) is 109 Å². The minimum Gasteiger partial charge on any atom is -0.338 e. The molecule has 1 saturated carbocycles. The molecule has 0 saturated heterocycles. The molecule has 1 aliphatic carbocycles. The number of carbonyl (C=O) groups excluding carboxylic acids is 2. The average molecular weight is 689 g/mol. The van der Waals surface area contributed by atoms with Crippen LogP contribution in [0.4, 0.5) is 13.2 Å². The van der Waals surface area contributed by atoms with Gasteiger partial charge >= 0.3 is 6.18 Å². The van der Waals surface area contributed by atoms with E-state index in [1.807, 2.05) is 37.3 Å². The van der Waals surface area contributed by atoms with Crippen LogP contribution in [0.3, 0.4) is 0 Å². The highest BCUT2D eigenvalue weighted by Crippen LogP contribution is 2.41. The van der Waals surface area contributed by atoms with Crippen molar-refractivity contribution >= 4 is 68.6 Å². The predicted molar refractivity (Wildman–Crippen MR) is 160 cm³/mol. The van der Waals surface area contributed by atoms with Crippen LogP contribution in [0.25, 0.3) is 6.08 Å². The van der Waals surface area contributed by atoms with E-state index < -0.39 is 23.5 Å². The zero-order chi connectivity index (χ0) is 29.9. The largest absolute Gasteiger partial charge is 0.399 e. The normalized spacial score (nSPS) is 15.0. The highest BCUT2D eigenvalue weighted by atomic mass is 79.9. The first-order valence-electron chi connectivity index (χ1n) is 12.7. The lowest BCUT2D eigenvalue weighted by molar-refractivity contribution is -0.139. The number of hydrogen-bond acceptors (Lipinski definition) is 2. The summed E-state index contributed by atoms with van der Waals surface area (Å²) < 4.78 is 42.0. The lowest BCUT2D eigenvalue weighted by Crippen LogP contribution is -2.50. The van der Waals surface area contributed by atoms with Crippen LogP contribution < -0.4 is 5.32 Å². The van der Waals surface area contributed by atoms with Crippen molar-refractivity contribution < 1.29 is 22.8 Å². The molecule has 1 atom stereocenters. The van der Waals surface area contributed by atoms with Crippen LogP contribution in [-0.4, -0.2) is 35.0 Å². The summed E-state index contributed by atoms with van der Waals surface area (Å²) in [6.45, 7) is 2.82. The quantitative estimate of drug-likeness (QED) is 0.228. The first kappa shape index (κ1) is 31.4. The summed E-state index contributed by atoms with van der Waals surface area (Å²) in [6, 6.07) is 16.4. The second kappa shape index (κ2) is 12.8. The molecule has 1 N–H and O–H groups in total. The van der Waals surface area contributed by atoms with Crippen molar-refractivity contribution in [2.24, 2.45) is 0 Å². The van der Waals surface area contributed by atoms with E-state index in [4.69, 9.17) is 34.8 Å². The standard InChI is InChI=1S/C30H25BrCl3F3N2O2/c1-2-39(17-19-6-4-3-5-7-19)28(41)29(12-13-29)38-27(40)21-10-8-18(14-23(21)31)9-11-22(30(35,36)37)20-15-24(32)26(34)25(33)16-20/h3-11,14-16,22H,2,12-13,17H2,1H3,(H,38,40). The molecule has 0 spiro atoms. The summed E-state index contributed by atoms with van der Waals surface area (Å²) >= 11 is 21.2. The highest BCUT2D eigenvalue weighted by Gasteiger charge is 2.53. The van der Waals surface area contributed by atoms with Crippen LogP contribution in [0.15, 0.2) is 71.2 Å². The molecule has 0 heterocycles. The fraction of sp³-hybridized carbons (Fsp3) is 0.267. The van der Waals surface area contributed by atoms with Crippen LogP contribution in [0.5, 0.6) is 0 Å². The van der Waals surface area contributed by atoms with Gasteiger partial charge in [-0.1, -0.05) is 83.4 Å². The van der Waals surface area contributed by atoms with Gasteiger partial charge in [-0.05, 0) is 76.7 Å². The highest BCUT2D eigenvalue weighted by molar-refractivity contribution is 9.10. The van der Waals surface area contributed by atoms with Gasteiger partial charge in [0.05, 0.1) is 26.5 Å². The van der Waals surface area contributed by atoms with Gasteiger partial charge in [0, 0.05) is 17.6 Å². The summed E-state index contributed by atoms with van der Waals surface area (Å²) in [5.41, 5.74) is 0.547. The van der Waals surface area contributed by atoms with E-state index in [0.29, 0.717) is 36.0 Å². The fourth-order valence-corrected chi connectivity index (χ4v) is 5.62. The molecule has 4 nitrogen and oxygen atoms in total. The Hall–Kier alpha value is -2.52. The van der Waals surface area contributed by atoms with Crippen LogP contribution in [0, 0.1) is 0 Å². The molecule has 3 aromatic rings. The SMILES string of the molecule is CCN(Cc1ccccc1)C(=O)C1(NC(=O)c2ccc(C=CC(c3cc(Cl)c(Cl)c(Cl)c3)C(F)(F)F)cc2Br)CC1. The van der Waals surface area contributed by atoms with Gasteiger partial charge in [0.15, 0.2) is 0 Å². The van der Waals surface area contributed by atoms with Crippen LogP contribution in [0.2, 0.25) is 15.1 Å². The first-order valence-corrected chi connectivity index (χ1v) is 14.6. The molecule has 0 bridgehead atoms. The van der Waals surface area contributed by atoms with Gasteiger partial charge in [-0.3, -0.25) is 9.59 Å². The Morgan fingerprint density at radius 1 is 1.05 bits per heavy atom. The Morgan fingerprint density at radius 3 is 2.22 bits per heavy atom. The number of likely N-dealkylation sites (N-methyl/N-ethyl adjacent to an activating group) is 1. The molecule has 41 heavy (non-hydrogen) atoms. The first-order chi connectivity index (χ1) is 19.3. The molecule has 0 aliphatic heterocycles. The number of nitrogens with one attached hydrogen (secondary N) is 1. The molecule has 2 amide bonds. The summed E-state index contributed by atoms with van der Waals surface area (Å²) in [6.07, 6.45) is -1.28. The van der Waals surface area contributed by atoms with Crippen molar-refractivity contribution in [1.29, 1.82) is 0 Å². The van der Waals surface area contributed by atoms with E-state index in [0.717, 1.165) is 23.8 Å². The van der Waals surface area contributed by atoms with Gasteiger partial charge in [0.1, 0.15) is 5.54 Å². The molecule has 0 radical (unpaired) electrons. The number of benzene rings is 3. The lowest BCUT2D eigenvalue weighted by atomic mass is 9.97. The smallest absolute Gasteiger partial charge is 0.338 e. The third-order valence-corrected chi connectivity index (χ3v) is 8.69. The summed E-state index contributed by atoms with van der Waals surface area (Å²) in [5, 5.41) is 2.71. The maximum atomic E-state index is 13.9. The number of hydrogen-bond donors (Lipinski definition) is 1. The third-order valence-electron chi connectivity index (χ3n) is 6.83. The van der Waals surface area contributed by atoms with Crippen LogP contribution >= 0.6 is 50.7 Å². The van der Waals surface area contributed by atoms with Gasteiger partial charge in [-0.25, -0.2) is 0 Å². The monoisotopic (exact) mass is 686 g/mol. The summed E-state index contributed by atoms with van der Waals surface area (Å²) in [7, 11) is 0. The van der Waals surface area contributed by atoms with Gasteiger partial charge in [0.2, 0.25) is 5.91 Å². The Kier molecular flexibility index (Phi) is 9.79. The van der Waals surface area contributed by atoms with Crippen molar-refractivity contribution in [1.82, 2.24) is 10.2 Å². The molecule has 11 heteroatoms. The Balaban J connectivity index is 1.49. The van der Waals surface area contributed by atoms with E-state index in [9.17, 15) is 22.8 Å². The van der Waals surface area contributed by atoms with Crippen LogP contribution in [-0.2, 0) is 11.3 Å². The second-order valence-electron chi connectivity index (χ2n) is 9.76. The van der Waals surface area contributed by atoms with Crippen molar-refractivity contribution in [3.8, 4) is 0 Å². The van der Waals surface area contributed by atoms with E-state index in [1.54, 1.807) is 4.90 Å². The molecule has 1 fully saturated rings. The lowest BCUT2D eigenvalue weighted by Gasteiger charge is -2.27. The molecular weight excluding hydrogens is 664 g/mol. The predicted octanol–water partition coefficient (Wildman–Crippen LogP) is 9.08. The molecule has 1 aliphatic rings. The summed E-state index contributed by atoms with van der Waals surface area (Å²) in [5.74, 6) is -2.59. The number of allylic oxidation sites excluding steroid dienone is 1. The zero-order valence-corrected chi connectivity index (χ0v) is 25.6. The Morgan fingerprint density at radius 2 is 1.68 bits per heavy atom. The molecule has 4 rings (SSSR count). The number of nitrogens with zero attached hydrogens (tertiary/aromatic N) is 1. The maximum absolute atomic E-state index is 13.9. The van der Waals surface area contributed by atoms with E-state index in [1.165, 1.54) is 24.3 Å². The summed E-state index contributed by atoms with van der Waals surface area (Å²) in [4.78, 5) is 28.2. The molecule has 216 valence electrons. The average Bonchev–Trinajstić information content (AvgIpc) is 3.70. The zero-order valence-electron chi connectivity index (χ0n) is 21.7. The second-order valence-corrected chi connectivity index (χ2v) is 11.8. The Bertz CT molecular complexity index is 1450. The van der Waals surface area contributed by atoms with E-state index in [-0.39, 0.29) is 32.1 Å². The number of carbonyl (C=O) groups is 2. The minimum atomic E-state index is -4.62. The molecule has 3 aromatic carbocycles. The van der Waals surface area contributed by atoms with Gasteiger partial charge in [-0.15, -0.1) is 0 Å². The minimum absolute atomic E-state index is 0.0203. The van der Waals surface area contributed by atoms with Crippen molar-refractivity contribution in [2.45, 2.75) is 43.9 Å². The maximum Gasteiger partial charge on any atom is 0.399 e. The number of rotatable bonds is 9. The molecular formula is C30H25BrCl3F3N2O2. The topological polar surface area (TPSA) is 49.4 Å². The van der Waals surface area contributed by atoms with Crippen molar-refractivity contribution in [2.75, 3.05) is 6.54 Å². The van der Waals surface area contributed by atoms with E-state index >= 15 is 0 Å². The fourth-order valence-electron chi connectivity index (χ4n) is 4.43. The van der Waals surface area contributed by atoms with Gasteiger partial charge < -0.3 is 10.2 Å².